The molecule has 0 aromatic heterocycles. The standard InChI is InChI=1S/C53H78FNO12/c1-9-17-24-58-38-33-41(59-25-18-10-2)39-35-46(66-52(56)40-36-45(62-28-21-13-5)50(63-29-22-14-6)51(47(40)54)64-30-23-15-7)48(65-42(39)34-38)37-31-43(60-26-19-11-3)49(67-53(57)55-16-8)44(32-37)61-27-20-12-4/h31-34,36,46,48H,9-30,35H2,1-8H3,(H,55,57)/t46-,48+/m1/s1. The Morgan fingerprint density at radius 1 is 0.567 bits per heavy atom. The molecule has 0 radical (unpaired) electrons. The molecular weight excluding hydrogens is 862 g/mol. The quantitative estimate of drug-likeness (QED) is 0.0459. The molecule has 67 heavy (non-hydrogen) atoms. The van der Waals surface area contributed by atoms with Gasteiger partial charge >= 0.3 is 12.1 Å². The predicted octanol–water partition coefficient (Wildman–Crippen LogP) is 13.1. The van der Waals surface area contributed by atoms with Crippen molar-refractivity contribution in [3.63, 3.8) is 0 Å². The van der Waals surface area contributed by atoms with Gasteiger partial charge in [-0.25, -0.2) is 14.0 Å². The van der Waals surface area contributed by atoms with Gasteiger partial charge in [0.1, 0.15) is 28.9 Å². The molecule has 1 amide bonds. The van der Waals surface area contributed by atoms with Gasteiger partial charge in [0.05, 0.1) is 46.2 Å². The van der Waals surface area contributed by atoms with Crippen molar-refractivity contribution in [2.24, 2.45) is 0 Å². The zero-order valence-electron chi connectivity index (χ0n) is 41.6. The Morgan fingerprint density at radius 2 is 1.03 bits per heavy atom. The lowest BCUT2D eigenvalue weighted by atomic mass is 9.93. The topological polar surface area (TPSA) is 138 Å². The number of rotatable bonds is 33. The van der Waals surface area contributed by atoms with Crippen molar-refractivity contribution in [1.29, 1.82) is 0 Å². The van der Waals surface area contributed by atoms with Gasteiger partial charge < -0.3 is 52.7 Å². The number of hydrogen-bond acceptors (Lipinski definition) is 12. The first-order valence-electron chi connectivity index (χ1n) is 25.1. The average Bonchev–Trinajstić information content (AvgIpc) is 3.31. The maximum absolute atomic E-state index is 17.0. The van der Waals surface area contributed by atoms with Crippen molar-refractivity contribution in [1.82, 2.24) is 5.32 Å². The van der Waals surface area contributed by atoms with Gasteiger partial charge in [-0.05, 0) is 64.0 Å². The number of carbonyl (C=O) groups is 2. The average molecular weight is 940 g/mol. The highest BCUT2D eigenvalue weighted by Crippen LogP contribution is 2.48. The van der Waals surface area contributed by atoms with Crippen LogP contribution in [0.1, 0.15) is 173 Å². The minimum Gasteiger partial charge on any atom is -0.493 e. The number of fused-ring (bicyclic) bond motifs is 1. The number of benzene rings is 3. The molecule has 4 rings (SSSR count). The summed E-state index contributed by atoms with van der Waals surface area (Å²) in [6, 6.07) is 8.45. The fraction of sp³-hybridized carbons (Fsp3) is 0.623. The summed E-state index contributed by atoms with van der Waals surface area (Å²) < 4.78 is 79.9. The Kier molecular flexibility index (Phi) is 24.5. The van der Waals surface area contributed by atoms with Gasteiger partial charge in [0.2, 0.25) is 17.2 Å². The normalized spacial score (nSPS) is 14.0. The fourth-order valence-electron chi connectivity index (χ4n) is 6.96. The first-order valence-corrected chi connectivity index (χ1v) is 25.1. The number of amides is 1. The van der Waals surface area contributed by atoms with Crippen LogP contribution in [0.25, 0.3) is 0 Å². The van der Waals surface area contributed by atoms with Crippen LogP contribution < -0.4 is 47.9 Å². The molecule has 374 valence electrons. The van der Waals surface area contributed by atoms with Crippen molar-refractivity contribution < 1.29 is 61.3 Å². The minimum atomic E-state index is -1.06. The number of nitrogens with one attached hydrogen (secondary N) is 1. The van der Waals surface area contributed by atoms with Gasteiger partial charge in [0.15, 0.2) is 29.2 Å². The first-order chi connectivity index (χ1) is 32.7. The van der Waals surface area contributed by atoms with Crippen molar-refractivity contribution in [2.75, 3.05) is 52.8 Å². The second-order valence-electron chi connectivity index (χ2n) is 16.7. The molecule has 1 aliphatic rings. The van der Waals surface area contributed by atoms with Crippen LogP contribution in [0.15, 0.2) is 30.3 Å². The van der Waals surface area contributed by atoms with Crippen LogP contribution in [0.2, 0.25) is 0 Å². The highest BCUT2D eigenvalue weighted by molar-refractivity contribution is 5.92. The van der Waals surface area contributed by atoms with Crippen LogP contribution in [0, 0.1) is 5.82 Å². The van der Waals surface area contributed by atoms with Gasteiger partial charge in [-0.15, -0.1) is 0 Å². The number of carbonyl (C=O) groups excluding carboxylic acids is 2. The highest BCUT2D eigenvalue weighted by Gasteiger charge is 2.39. The molecule has 0 unspecified atom stereocenters. The second-order valence-corrected chi connectivity index (χ2v) is 16.7. The Morgan fingerprint density at radius 3 is 1.54 bits per heavy atom. The van der Waals surface area contributed by atoms with E-state index in [0.29, 0.717) is 81.0 Å². The van der Waals surface area contributed by atoms with Gasteiger partial charge in [0, 0.05) is 42.3 Å². The van der Waals surface area contributed by atoms with Crippen LogP contribution in [0.4, 0.5) is 9.18 Å². The Hall–Kier alpha value is -5.27. The second kappa shape index (κ2) is 30.2. The molecule has 14 heteroatoms. The predicted molar refractivity (Wildman–Crippen MR) is 258 cm³/mol. The van der Waals surface area contributed by atoms with E-state index in [0.717, 1.165) is 83.5 Å². The van der Waals surface area contributed by atoms with Crippen LogP contribution in [-0.4, -0.2) is 71.0 Å². The molecule has 0 fully saturated rings. The zero-order chi connectivity index (χ0) is 48.4. The number of ether oxygens (including phenoxy) is 10. The summed E-state index contributed by atoms with van der Waals surface area (Å²) in [6.45, 7) is 18.9. The van der Waals surface area contributed by atoms with Gasteiger partial charge in [-0.3, -0.25) is 0 Å². The Bertz CT molecular complexity index is 1930. The number of halogens is 1. The molecule has 1 heterocycles. The first kappa shape index (κ1) is 54.3. The summed E-state index contributed by atoms with van der Waals surface area (Å²) >= 11 is 0. The summed E-state index contributed by atoms with van der Waals surface area (Å²) in [5.74, 6) is 0.433. The Balaban J connectivity index is 1.95. The van der Waals surface area contributed by atoms with Crippen molar-refractivity contribution in [3.05, 3.63) is 52.8 Å². The lowest BCUT2D eigenvalue weighted by Gasteiger charge is -2.35. The molecule has 0 aliphatic carbocycles. The number of esters is 1. The third kappa shape index (κ3) is 16.5. The molecule has 3 aromatic rings. The summed E-state index contributed by atoms with van der Waals surface area (Å²) in [5.41, 5.74) is 0.792. The summed E-state index contributed by atoms with van der Waals surface area (Å²) in [7, 11) is 0. The van der Waals surface area contributed by atoms with E-state index in [4.69, 9.17) is 47.4 Å². The minimum absolute atomic E-state index is 0.111. The maximum atomic E-state index is 17.0. The number of unbranched alkanes of at least 4 members (excludes halogenated alkanes) is 7. The molecule has 2 atom stereocenters. The van der Waals surface area contributed by atoms with E-state index in [9.17, 15) is 9.59 Å². The SMILES string of the molecule is CCCCOc1cc(OCCCC)c2c(c1)O[C@@H](c1cc(OCCCC)c(OC(=O)NCC)c(OCCCC)c1)[C@H](OC(=O)c1cc(OCCCC)c(OCCCC)c(OCCCC)c1F)C2. The van der Waals surface area contributed by atoms with Crippen molar-refractivity contribution in [2.45, 2.75) is 164 Å². The molecule has 0 saturated carbocycles. The summed E-state index contributed by atoms with van der Waals surface area (Å²) in [5, 5.41) is 2.69. The third-order valence-electron chi connectivity index (χ3n) is 10.9. The number of hydrogen-bond donors (Lipinski definition) is 1. The van der Waals surface area contributed by atoms with E-state index in [-0.39, 0.29) is 53.1 Å². The maximum Gasteiger partial charge on any atom is 0.412 e. The molecule has 1 aliphatic heterocycles. The Labute approximate surface area is 398 Å². The van der Waals surface area contributed by atoms with E-state index in [1.165, 1.54) is 6.07 Å². The lowest BCUT2D eigenvalue weighted by Crippen LogP contribution is -2.35. The third-order valence-corrected chi connectivity index (χ3v) is 10.9. The van der Waals surface area contributed by atoms with Crippen LogP contribution in [0.5, 0.6) is 51.7 Å². The monoisotopic (exact) mass is 940 g/mol. The van der Waals surface area contributed by atoms with Crippen LogP contribution in [0.3, 0.4) is 0 Å². The fourth-order valence-corrected chi connectivity index (χ4v) is 6.96. The van der Waals surface area contributed by atoms with Gasteiger partial charge in [0.25, 0.3) is 0 Å². The van der Waals surface area contributed by atoms with E-state index >= 15 is 4.39 Å². The molecule has 3 aromatic carbocycles. The summed E-state index contributed by atoms with van der Waals surface area (Å²) in [4.78, 5) is 27.7. The van der Waals surface area contributed by atoms with Gasteiger partial charge in [-0.2, -0.15) is 0 Å². The van der Waals surface area contributed by atoms with Crippen LogP contribution in [-0.2, 0) is 11.2 Å². The van der Waals surface area contributed by atoms with Crippen molar-refractivity contribution >= 4 is 12.1 Å². The van der Waals surface area contributed by atoms with Crippen molar-refractivity contribution in [3.8, 4) is 51.7 Å². The van der Waals surface area contributed by atoms with Crippen LogP contribution >= 0.6 is 0 Å². The van der Waals surface area contributed by atoms with E-state index in [1.54, 1.807) is 19.1 Å². The highest BCUT2D eigenvalue weighted by atomic mass is 19.1. The molecule has 0 saturated heterocycles. The zero-order valence-corrected chi connectivity index (χ0v) is 41.6. The van der Waals surface area contributed by atoms with E-state index in [1.807, 2.05) is 46.8 Å². The largest absolute Gasteiger partial charge is 0.493 e. The lowest BCUT2D eigenvalue weighted by molar-refractivity contribution is -0.0194. The van der Waals surface area contributed by atoms with E-state index < -0.39 is 30.1 Å². The van der Waals surface area contributed by atoms with E-state index in [2.05, 4.69) is 19.2 Å². The molecule has 0 spiro atoms. The smallest absolute Gasteiger partial charge is 0.412 e. The molecule has 13 nitrogen and oxygen atoms in total. The van der Waals surface area contributed by atoms with Gasteiger partial charge in [-0.1, -0.05) is 93.4 Å². The summed E-state index contributed by atoms with van der Waals surface area (Å²) in [6.07, 6.45) is 8.75. The molecule has 0 bridgehead atoms. The molecular formula is C53H78FNO12. The molecule has 1 N–H and O–H groups in total.